The van der Waals surface area contributed by atoms with Crippen LogP contribution >= 0.6 is 0 Å². The Morgan fingerprint density at radius 3 is 2.90 bits per heavy atom. The first kappa shape index (κ1) is 20.7. The van der Waals surface area contributed by atoms with Crippen LogP contribution in [0.4, 0.5) is 0 Å². The molecule has 1 aromatic carbocycles. The van der Waals surface area contributed by atoms with Crippen molar-refractivity contribution in [2.24, 2.45) is 5.92 Å². The summed E-state index contributed by atoms with van der Waals surface area (Å²) in [5.74, 6) is 0.377. The van der Waals surface area contributed by atoms with Gasteiger partial charge in [0.25, 0.3) is 0 Å². The number of aryl methyl sites for hydroxylation is 1. The summed E-state index contributed by atoms with van der Waals surface area (Å²) >= 11 is 0. The smallest absolute Gasteiger partial charge is 0.243 e. The van der Waals surface area contributed by atoms with E-state index in [9.17, 15) is 13.2 Å². The van der Waals surface area contributed by atoms with Gasteiger partial charge in [-0.25, -0.2) is 8.42 Å². The lowest BCUT2D eigenvalue weighted by molar-refractivity contribution is -0.126. The van der Waals surface area contributed by atoms with Crippen molar-refractivity contribution >= 4 is 26.8 Å². The van der Waals surface area contributed by atoms with Crippen LogP contribution in [0.25, 0.3) is 10.9 Å². The normalized spacial score (nSPS) is 18.0. The summed E-state index contributed by atoms with van der Waals surface area (Å²) in [5, 5.41) is 3.82. The molecule has 0 spiro atoms. The maximum absolute atomic E-state index is 13.2. The zero-order valence-corrected chi connectivity index (χ0v) is 17.9. The summed E-state index contributed by atoms with van der Waals surface area (Å²) in [6.07, 6.45) is 5.55. The number of benzene rings is 1. The lowest BCUT2D eigenvalue weighted by atomic mass is 9.99. The van der Waals surface area contributed by atoms with Gasteiger partial charge in [-0.3, -0.25) is 4.79 Å². The molecule has 0 aliphatic carbocycles. The van der Waals surface area contributed by atoms with Gasteiger partial charge in [-0.2, -0.15) is 4.31 Å². The highest BCUT2D eigenvalue weighted by Crippen LogP contribution is 2.27. The summed E-state index contributed by atoms with van der Waals surface area (Å²) in [6.45, 7) is 4.01. The number of nitrogens with zero attached hydrogens (tertiary/aromatic N) is 2. The van der Waals surface area contributed by atoms with Crippen LogP contribution in [0, 0.1) is 5.92 Å². The number of hydrogen-bond donors (Lipinski definition) is 1. The Labute approximate surface area is 176 Å². The zero-order chi connectivity index (χ0) is 21.1. The fraction of sp³-hybridized carbons (Fsp3) is 0.409. The predicted octanol–water partition coefficient (Wildman–Crippen LogP) is 3.01. The first-order valence-corrected chi connectivity index (χ1v) is 11.8. The van der Waals surface area contributed by atoms with Gasteiger partial charge in [0.1, 0.15) is 5.76 Å². The molecule has 1 fully saturated rings. The minimum atomic E-state index is -3.64. The largest absolute Gasteiger partial charge is 0.469 e. The highest BCUT2D eigenvalue weighted by Gasteiger charge is 2.33. The number of fused-ring (bicyclic) bond motifs is 1. The monoisotopic (exact) mass is 429 g/mol. The fourth-order valence-electron chi connectivity index (χ4n) is 4.05. The number of furan rings is 1. The van der Waals surface area contributed by atoms with Crippen LogP contribution in [0.2, 0.25) is 0 Å². The number of sulfonamides is 1. The lowest BCUT2D eigenvalue weighted by Crippen LogP contribution is -2.45. The number of nitrogens with one attached hydrogen (secondary N) is 1. The summed E-state index contributed by atoms with van der Waals surface area (Å²) in [6, 6.07) is 10.9. The van der Waals surface area contributed by atoms with Gasteiger partial charge >= 0.3 is 0 Å². The lowest BCUT2D eigenvalue weighted by Gasteiger charge is -2.31. The van der Waals surface area contributed by atoms with Crippen molar-refractivity contribution in [2.75, 3.05) is 19.6 Å². The van der Waals surface area contributed by atoms with Crippen molar-refractivity contribution in [2.45, 2.75) is 37.6 Å². The van der Waals surface area contributed by atoms with E-state index >= 15 is 0 Å². The topological polar surface area (TPSA) is 84.5 Å². The zero-order valence-electron chi connectivity index (χ0n) is 17.1. The SMILES string of the molecule is CCn1ccc2cc(S(=O)(=O)N3CCC[C@@H](C(=O)NCCc4ccco4)C3)ccc21. The summed E-state index contributed by atoms with van der Waals surface area (Å²) in [7, 11) is -3.64. The Morgan fingerprint density at radius 2 is 2.13 bits per heavy atom. The molecule has 0 unspecified atom stereocenters. The third kappa shape index (κ3) is 4.15. The Hall–Kier alpha value is -2.58. The number of hydrogen-bond acceptors (Lipinski definition) is 4. The van der Waals surface area contributed by atoms with Crippen molar-refractivity contribution in [1.82, 2.24) is 14.2 Å². The molecule has 4 rings (SSSR count). The van der Waals surface area contributed by atoms with Gasteiger partial charge in [0.05, 0.1) is 17.1 Å². The minimum absolute atomic E-state index is 0.100. The average molecular weight is 430 g/mol. The van der Waals surface area contributed by atoms with Crippen LogP contribution in [0.1, 0.15) is 25.5 Å². The standard InChI is InChI=1S/C22H27N3O4S/c1-2-24-13-10-17-15-20(7-8-21(17)24)30(27,28)25-12-3-5-18(16-25)22(26)23-11-9-19-6-4-14-29-19/h4,6-8,10,13-15,18H,2-3,5,9,11-12,16H2,1H3,(H,23,26)/t18-/m1/s1. The molecule has 3 heterocycles. The van der Waals surface area contributed by atoms with Crippen LogP contribution in [0.3, 0.4) is 0 Å². The molecule has 7 nitrogen and oxygen atoms in total. The summed E-state index contributed by atoms with van der Waals surface area (Å²) in [5.41, 5.74) is 1.02. The van der Waals surface area contributed by atoms with E-state index in [0.29, 0.717) is 32.4 Å². The van der Waals surface area contributed by atoms with Crippen molar-refractivity contribution in [3.63, 3.8) is 0 Å². The second-order valence-corrected chi connectivity index (χ2v) is 9.58. The molecule has 1 atom stereocenters. The Morgan fingerprint density at radius 1 is 1.27 bits per heavy atom. The number of aromatic nitrogens is 1. The van der Waals surface area contributed by atoms with E-state index in [1.807, 2.05) is 30.5 Å². The van der Waals surface area contributed by atoms with Gasteiger partial charge in [-0.1, -0.05) is 0 Å². The van der Waals surface area contributed by atoms with E-state index in [1.54, 1.807) is 18.4 Å². The predicted molar refractivity (Wildman–Crippen MR) is 115 cm³/mol. The third-order valence-electron chi connectivity index (χ3n) is 5.73. The van der Waals surface area contributed by atoms with Crippen molar-refractivity contribution in [1.29, 1.82) is 0 Å². The Balaban J connectivity index is 1.43. The van der Waals surface area contributed by atoms with Crippen LogP contribution < -0.4 is 5.32 Å². The highest BCUT2D eigenvalue weighted by atomic mass is 32.2. The molecule has 1 saturated heterocycles. The molecule has 0 radical (unpaired) electrons. The number of carbonyl (C=O) groups excluding carboxylic acids is 1. The van der Waals surface area contributed by atoms with Crippen LogP contribution in [0.15, 0.2) is 58.2 Å². The minimum Gasteiger partial charge on any atom is -0.469 e. The van der Waals surface area contributed by atoms with Crippen LogP contribution in [-0.2, 0) is 27.8 Å². The summed E-state index contributed by atoms with van der Waals surface area (Å²) in [4.78, 5) is 12.9. The van der Waals surface area contributed by atoms with Crippen molar-refractivity contribution < 1.29 is 17.6 Å². The van der Waals surface area contributed by atoms with E-state index < -0.39 is 10.0 Å². The number of carbonyl (C=O) groups is 1. The molecule has 1 aliphatic rings. The molecule has 1 amide bonds. The van der Waals surface area contributed by atoms with Gasteiger partial charge in [0, 0.05) is 49.7 Å². The quantitative estimate of drug-likeness (QED) is 0.626. The first-order chi connectivity index (χ1) is 14.5. The average Bonchev–Trinajstić information content (AvgIpc) is 3.42. The molecule has 8 heteroatoms. The van der Waals surface area contributed by atoms with Gasteiger partial charge in [0.15, 0.2) is 0 Å². The van der Waals surface area contributed by atoms with E-state index in [0.717, 1.165) is 23.2 Å². The number of amides is 1. The molecule has 0 saturated carbocycles. The van der Waals surface area contributed by atoms with Crippen molar-refractivity contribution in [3.05, 3.63) is 54.6 Å². The second-order valence-electron chi connectivity index (χ2n) is 7.64. The molecular formula is C22H27N3O4S. The first-order valence-electron chi connectivity index (χ1n) is 10.4. The van der Waals surface area contributed by atoms with Gasteiger partial charge in [-0.15, -0.1) is 0 Å². The summed E-state index contributed by atoms with van der Waals surface area (Å²) < 4.78 is 35.2. The molecule has 3 aromatic rings. The highest BCUT2D eigenvalue weighted by molar-refractivity contribution is 7.89. The van der Waals surface area contributed by atoms with E-state index in [-0.39, 0.29) is 23.3 Å². The maximum atomic E-state index is 13.2. The second kappa shape index (κ2) is 8.65. The molecular weight excluding hydrogens is 402 g/mol. The van der Waals surface area contributed by atoms with E-state index in [2.05, 4.69) is 16.8 Å². The van der Waals surface area contributed by atoms with E-state index in [4.69, 9.17) is 4.42 Å². The molecule has 1 N–H and O–H groups in total. The number of rotatable bonds is 7. The molecule has 160 valence electrons. The third-order valence-corrected chi connectivity index (χ3v) is 7.59. The Kier molecular flexibility index (Phi) is 5.97. The Bertz CT molecular complexity index is 1120. The van der Waals surface area contributed by atoms with Crippen LogP contribution in [-0.4, -0.2) is 42.8 Å². The van der Waals surface area contributed by atoms with E-state index in [1.165, 1.54) is 4.31 Å². The molecule has 2 aromatic heterocycles. The van der Waals surface area contributed by atoms with Gasteiger partial charge < -0.3 is 14.3 Å². The van der Waals surface area contributed by atoms with Crippen LogP contribution in [0.5, 0.6) is 0 Å². The van der Waals surface area contributed by atoms with Gasteiger partial charge in [-0.05, 0) is 56.2 Å². The van der Waals surface area contributed by atoms with Gasteiger partial charge in [0.2, 0.25) is 15.9 Å². The molecule has 0 bridgehead atoms. The molecule has 1 aliphatic heterocycles. The number of piperidine rings is 1. The fourth-order valence-corrected chi connectivity index (χ4v) is 5.61. The van der Waals surface area contributed by atoms with Crippen molar-refractivity contribution in [3.8, 4) is 0 Å². The maximum Gasteiger partial charge on any atom is 0.243 e. The molecule has 30 heavy (non-hydrogen) atoms.